The fraction of sp³-hybridized carbons (Fsp3) is 0.333. The number of nitrogens with two attached hydrogens (primary N) is 1. The third-order valence-electron chi connectivity index (χ3n) is 3.10. The lowest BCUT2D eigenvalue weighted by Crippen LogP contribution is -2.32. The molecule has 0 radical (unpaired) electrons. The molecule has 2 N–H and O–H groups in total. The van der Waals surface area contributed by atoms with Crippen molar-refractivity contribution >= 4 is 11.6 Å². The van der Waals surface area contributed by atoms with Gasteiger partial charge in [0.25, 0.3) is 0 Å². The molecule has 16 heavy (non-hydrogen) atoms. The van der Waals surface area contributed by atoms with Crippen molar-refractivity contribution in [2.75, 3.05) is 11.4 Å². The molecule has 1 unspecified atom stereocenters. The molecule has 4 heteroatoms. The highest BCUT2D eigenvalue weighted by atomic mass is 16.2. The van der Waals surface area contributed by atoms with Gasteiger partial charge < -0.3 is 5.73 Å². The van der Waals surface area contributed by atoms with Gasteiger partial charge in [-0.05, 0) is 25.0 Å². The predicted molar refractivity (Wildman–Crippen MR) is 60.8 cm³/mol. The van der Waals surface area contributed by atoms with Gasteiger partial charge in [-0.1, -0.05) is 12.1 Å². The number of carbonyl (C=O) groups is 1. The van der Waals surface area contributed by atoms with Crippen LogP contribution in [0.3, 0.4) is 0 Å². The van der Waals surface area contributed by atoms with Gasteiger partial charge in [-0.15, -0.1) is 0 Å². The molecule has 1 aliphatic heterocycles. The standard InChI is InChI=1S/C12H13N3O/c1-7-3-4-9-10(14)12(16)15(6-5-13)11(9)8(7)2/h3-4,10H,6,14H2,1-2H3. The van der Waals surface area contributed by atoms with Crippen LogP contribution in [0.2, 0.25) is 0 Å². The number of rotatable bonds is 1. The van der Waals surface area contributed by atoms with Crippen LogP contribution >= 0.6 is 0 Å². The molecule has 1 heterocycles. The van der Waals surface area contributed by atoms with Gasteiger partial charge in [0.05, 0.1) is 11.8 Å². The van der Waals surface area contributed by atoms with Gasteiger partial charge in [0.1, 0.15) is 12.6 Å². The lowest BCUT2D eigenvalue weighted by atomic mass is 10.0. The largest absolute Gasteiger partial charge is 0.316 e. The van der Waals surface area contributed by atoms with E-state index >= 15 is 0 Å². The zero-order valence-corrected chi connectivity index (χ0v) is 9.32. The van der Waals surface area contributed by atoms with E-state index in [9.17, 15) is 4.79 Å². The number of carbonyl (C=O) groups excluding carboxylic acids is 1. The lowest BCUT2D eigenvalue weighted by molar-refractivity contribution is -0.119. The molecule has 4 nitrogen and oxygen atoms in total. The second-order valence-corrected chi connectivity index (χ2v) is 4.01. The summed E-state index contributed by atoms with van der Waals surface area (Å²) in [5.41, 5.74) is 9.59. The highest BCUT2D eigenvalue weighted by Crippen LogP contribution is 2.38. The van der Waals surface area contributed by atoms with Crippen molar-refractivity contribution in [3.05, 3.63) is 28.8 Å². The second-order valence-electron chi connectivity index (χ2n) is 4.01. The maximum Gasteiger partial charge on any atom is 0.249 e. The normalized spacial score (nSPS) is 18.5. The number of amides is 1. The highest BCUT2D eigenvalue weighted by Gasteiger charge is 2.35. The molecule has 0 saturated carbocycles. The number of anilines is 1. The Morgan fingerprint density at radius 1 is 1.50 bits per heavy atom. The van der Waals surface area contributed by atoms with Gasteiger partial charge in [0.2, 0.25) is 5.91 Å². The van der Waals surface area contributed by atoms with E-state index in [1.807, 2.05) is 32.0 Å². The Balaban J connectivity index is 2.63. The van der Waals surface area contributed by atoms with Crippen LogP contribution in [0.4, 0.5) is 5.69 Å². The third-order valence-corrected chi connectivity index (χ3v) is 3.10. The van der Waals surface area contributed by atoms with Crippen molar-refractivity contribution in [3.8, 4) is 6.07 Å². The number of fused-ring (bicyclic) bond motifs is 1. The Labute approximate surface area is 94.3 Å². The molecule has 1 aliphatic rings. The van der Waals surface area contributed by atoms with Gasteiger partial charge in [-0.25, -0.2) is 0 Å². The molecule has 82 valence electrons. The number of aryl methyl sites for hydroxylation is 1. The summed E-state index contributed by atoms with van der Waals surface area (Å²) in [6.07, 6.45) is 0. The quantitative estimate of drug-likeness (QED) is 0.715. The Morgan fingerprint density at radius 2 is 2.19 bits per heavy atom. The molecule has 0 aromatic heterocycles. The fourth-order valence-corrected chi connectivity index (χ4v) is 2.07. The number of benzene rings is 1. The lowest BCUT2D eigenvalue weighted by Gasteiger charge is -2.16. The van der Waals surface area contributed by atoms with Crippen LogP contribution in [0.25, 0.3) is 0 Å². The minimum absolute atomic E-state index is 0.0594. The van der Waals surface area contributed by atoms with Crippen LogP contribution in [0.1, 0.15) is 22.7 Å². The van der Waals surface area contributed by atoms with Gasteiger partial charge >= 0.3 is 0 Å². The maximum absolute atomic E-state index is 11.9. The average Bonchev–Trinajstić information content (AvgIpc) is 2.50. The molecule has 0 fully saturated rings. The topological polar surface area (TPSA) is 70.1 Å². The summed E-state index contributed by atoms with van der Waals surface area (Å²) < 4.78 is 0. The number of nitriles is 1. The molecule has 0 aliphatic carbocycles. The first-order chi connectivity index (χ1) is 7.57. The summed E-state index contributed by atoms with van der Waals surface area (Å²) >= 11 is 0. The minimum atomic E-state index is -0.623. The molecular weight excluding hydrogens is 202 g/mol. The van der Waals surface area contributed by atoms with Crippen LogP contribution in [-0.4, -0.2) is 12.5 Å². The number of hydrogen-bond donors (Lipinski definition) is 1. The van der Waals surface area contributed by atoms with Gasteiger partial charge in [-0.3, -0.25) is 9.69 Å². The fourth-order valence-electron chi connectivity index (χ4n) is 2.07. The van der Waals surface area contributed by atoms with Crippen molar-refractivity contribution in [2.24, 2.45) is 5.73 Å². The average molecular weight is 215 g/mol. The summed E-state index contributed by atoms with van der Waals surface area (Å²) in [4.78, 5) is 13.3. The molecule has 2 rings (SSSR count). The van der Waals surface area contributed by atoms with Crippen molar-refractivity contribution in [1.29, 1.82) is 5.26 Å². The molecular formula is C12H13N3O. The second kappa shape index (κ2) is 3.62. The summed E-state index contributed by atoms with van der Waals surface area (Å²) in [6.45, 7) is 3.99. The van der Waals surface area contributed by atoms with Crippen molar-refractivity contribution in [2.45, 2.75) is 19.9 Å². The zero-order valence-electron chi connectivity index (χ0n) is 9.32. The molecule has 1 atom stereocenters. The van der Waals surface area contributed by atoms with Crippen molar-refractivity contribution in [1.82, 2.24) is 0 Å². The monoisotopic (exact) mass is 215 g/mol. The molecule has 0 bridgehead atoms. The van der Waals surface area contributed by atoms with Crippen LogP contribution in [0.15, 0.2) is 12.1 Å². The first-order valence-electron chi connectivity index (χ1n) is 5.12. The van der Waals surface area contributed by atoms with Gasteiger partial charge in [0.15, 0.2) is 0 Å². The van der Waals surface area contributed by atoms with Crippen LogP contribution in [0, 0.1) is 25.2 Å². The SMILES string of the molecule is Cc1ccc2c(c1C)N(CC#N)C(=O)C2N. The van der Waals surface area contributed by atoms with Crippen molar-refractivity contribution < 1.29 is 4.79 Å². The first kappa shape index (κ1) is 10.7. The van der Waals surface area contributed by atoms with E-state index in [4.69, 9.17) is 11.0 Å². The van der Waals surface area contributed by atoms with Gasteiger partial charge in [0, 0.05) is 5.56 Å². The molecule has 1 aromatic carbocycles. The van der Waals surface area contributed by atoms with Crippen molar-refractivity contribution in [3.63, 3.8) is 0 Å². The molecule has 1 aromatic rings. The number of nitrogens with zero attached hydrogens (tertiary/aromatic N) is 2. The predicted octanol–water partition coefficient (Wildman–Crippen LogP) is 1.17. The van der Waals surface area contributed by atoms with E-state index in [-0.39, 0.29) is 12.5 Å². The van der Waals surface area contributed by atoms with E-state index in [2.05, 4.69) is 0 Å². The number of hydrogen-bond acceptors (Lipinski definition) is 3. The minimum Gasteiger partial charge on any atom is -0.316 e. The molecule has 0 saturated heterocycles. The third kappa shape index (κ3) is 1.29. The van der Waals surface area contributed by atoms with Crippen LogP contribution in [-0.2, 0) is 4.79 Å². The smallest absolute Gasteiger partial charge is 0.249 e. The van der Waals surface area contributed by atoms with E-state index in [0.717, 1.165) is 22.4 Å². The van der Waals surface area contributed by atoms with E-state index in [0.29, 0.717) is 0 Å². The first-order valence-corrected chi connectivity index (χ1v) is 5.12. The van der Waals surface area contributed by atoms with Crippen LogP contribution in [0.5, 0.6) is 0 Å². The Bertz CT molecular complexity index is 502. The Hall–Kier alpha value is -1.86. The Morgan fingerprint density at radius 3 is 2.81 bits per heavy atom. The summed E-state index contributed by atoms with van der Waals surface area (Å²) in [5, 5.41) is 8.73. The zero-order chi connectivity index (χ0) is 11.9. The summed E-state index contributed by atoms with van der Waals surface area (Å²) in [6, 6.07) is 5.20. The van der Waals surface area contributed by atoms with Gasteiger partial charge in [-0.2, -0.15) is 5.26 Å². The Kier molecular flexibility index (Phi) is 2.41. The maximum atomic E-state index is 11.9. The molecule has 0 spiro atoms. The van der Waals surface area contributed by atoms with Crippen LogP contribution < -0.4 is 10.6 Å². The summed E-state index contributed by atoms with van der Waals surface area (Å²) in [7, 11) is 0. The van der Waals surface area contributed by atoms with E-state index in [1.165, 1.54) is 4.90 Å². The van der Waals surface area contributed by atoms with E-state index in [1.54, 1.807) is 0 Å². The molecule has 1 amide bonds. The van der Waals surface area contributed by atoms with E-state index < -0.39 is 6.04 Å². The summed E-state index contributed by atoms with van der Waals surface area (Å²) in [5.74, 6) is -0.190. The highest BCUT2D eigenvalue weighted by molar-refractivity contribution is 6.05.